The Morgan fingerprint density at radius 1 is 0.474 bits per heavy atom. The van der Waals surface area contributed by atoms with Crippen molar-refractivity contribution in [3.63, 3.8) is 0 Å². The molecule has 15 N–H and O–H groups in total. The largest absolute Gasteiger partial charge is 0.396 e. The van der Waals surface area contributed by atoms with Crippen LogP contribution in [-0.4, -0.2) is 257 Å². The first kappa shape index (κ1) is 59.9. The van der Waals surface area contributed by atoms with Gasteiger partial charge in [0.15, 0.2) is 25.2 Å². The van der Waals surface area contributed by atoms with Gasteiger partial charge in [-0.25, -0.2) is 0 Å². The van der Waals surface area contributed by atoms with Crippen LogP contribution in [0.1, 0.15) is 92.9 Å². The number of rotatable bonds is 13. The Labute approximate surface area is 453 Å². The number of hydrogen-bond donors (Lipinski definition) is 15. The molecule has 78 heavy (non-hydrogen) atoms. The van der Waals surface area contributed by atoms with Crippen molar-refractivity contribution in [2.24, 2.45) is 50.2 Å². The Morgan fingerprint density at radius 2 is 0.962 bits per heavy atom. The van der Waals surface area contributed by atoms with Crippen molar-refractivity contribution >= 4 is 0 Å². The maximum atomic E-state index is 12.4. The number of aliphatic hydroxyl groups is 15. The summed E-state index contributed by atoms with van der Waals surface area (Å²) >= 11 is 0. The predicted octanol–water partition coefficient (Wildman–Crippen LogP) is -3.60. The molecule has 5 aliphatic carbocycles. The summed E-state index contributed by atoms with van der Waals surface area (Å²) in [6, 6.07) is 0. The van der Waals surface area contributed by atoms with E-state index in [1.54, 1.807) is 0 Å². The molecule has 4 saturated carbocycles. The Balaban J connectivity index is 0.943. The van der Waals surface area contributed by atoms with E-state index in [-0.39, 0.29) is 29.8 Å². The highest BCUT2D eigenvalue weighted by Gasteiger charge is 2.80. The van der Waals surface area contributed by atoms with Crippen LogP contribution in [0.5, 0.6) is 0 Å². The normalized spacial score (nSPS) is 57.5. The van der Waals surface area contributed by atoms with E-state index in [9.17, 15) is 76.6 Å². The first-order valence-electron chi connectivity index (χ1n) is 28.1. The van der Waals surface area contributed by atoms with Crippen molar-refractivity contribution < 1.29 is 119 Å². The molecule has 10 aliphatic rings. The van der Waals surface area contributed by atoms with E-state index in [1.807, 2.05) is 6.92 Å². The maximum Gasteiger partial charge on any atom is 0.187 e. The summed E-state index contributed by atoms with van der Waals surface area (Å²) in [6.07, 6.45) is -25.0. The third-order valence-corrected chi connectivity index (χ3v) is 22.2. The topological polar surface area (TPSA) is 387 Å². The summed E-state index contributed by atoms with van der Waals surface area (Å²) in [5.41, 5.74) is -3.78. The van der Waals surface area contributed by atoms with Crippen LogP contribution < -0.4 is 0 Å². The van der Waals surface area contributed by atoms with Crippen molar-refractivity contribution in [3.8, 4) is 0 Å². The average Bonchev–Trinajstić information content (AvgIpc) is 3.58. The van der Waals surface area contributed by atoms with E-state index in [2.05, 4.69) is 46.8 Å². The molecule has 5 aliphatic heterocycles. The second-order valence-corrected chi connectivity index (χ2v) is 26.6. The molecule has 0 amide bonds. The molecule has 0 aromatic rings. The van der Waals surface area contributed by atoms with Crippen molar-refractivity contribution in [2.75, 3.05) is 39.6 Å². The van der Waals surface area contributed by atoms with Crippen molar-refractivity contribution in [3.05, 3.63) is 12.2 Å². The molecular weight excluding hydrogens is 1030 g/mol. The second kappa shape index (κ2) is 21.4. The van der Waals surface area contributed by atoms with Gasteiger partial charge in [0.25, 0.3) is 0 Å². The predicted molar refractivity (Wildman–Crippen MR) is 264 cm³/mol. The number of ether oxygens (including phenoxy) is 9. The van der Waals surface area contributed by atoms with Crippen LogP contribution in [0, 0.1) is 50.2 Å². The third-order valence-electron chi connectivity index (χ3n) is 22.2. The molecule has 10 rings (SSSR count). The highest BCUT2D eigenvalue weighted by Crippen LogP contribution is 2.79. The Bertz CT molecular complexity index is 2140. The minimum Gasteiger partial charge on any atom is -0.396 e. The van der Waals surface area contributed by atoms with Gasteiger partial charge < -0.3 is 119 Å². The molecule has 9 fully saturated rings. The highest BCUT2D eigenvalue weighted by molar-refractivity contribution is 5.36. The zero-order valence-corrected chi connectivity index (χ0v) is 45.4. The highest BCUT2D eigenvalue weighted by atomic mass is 16.8. The van der Waals surface area contributed by atoms with Gasteiger partial charge in [0.2, 0.25) is 0 Å². The van der Waals surface area contributed by atoms with Gasteiger partial charge in [-0.2, -0.15) is 0 Å². The molecule has 1 spiro atoms. The zero-order valence-electron chi connectivity index (χ0n) is 45.4. The molecule has 31 unspecified atom stereocenters. The van der Waals surface area contributed by atoms with Crippen LogP contribution >= 0.6 is 0 Å². The molecule has 0 radical (unpaired) electrons. The molecule has 31 atom stereocenters. The number of hydrogen-bond acceptors (Lipinski definition) is 24. The smallest absolute Gasteiger partial charge is 0.187 e. The fraction of sp³-hybridized carbons (Fsp3) is 0.963. The van der Waals surface area contributed by atoms with Gasteiger partial charge in [0, 0.05) is 22.2 Å². The van der Waals surface area contributed by atoms with Gasteiger partial charge in [-0.05, 0) is 79.4 Å². The van der Waals surface area contributed by atoms with Crippen molar-refractivity contribution in [1.82, 2.24) is 0 Å². The molecule has 24 nitrogen and oxygen atoms in total. The lowest BCUT2D eigenvalue weighted by Crippen LogP contribution is -2.73. The van der Waals surface area contributed by atoms with Crippen LogP contribution in [0.3, 0.4) is 0 Å². The molecular formula is C54H88O24. The summed E-state index contributed by atoms with van der Waals surface area (Å²) in [4.78, 5) is 0. The minimum absolute atomic E-state index is 0.00540. The van der Waals surface area contributed by atoms with E-state index >= 15 is 0 Å². The van der Waals surface area contributed by atoms with Crippen LogP contribution in [0.4, 0.5) is 0 Å². The first-order valence-corrected chi connectivity index (χ1v) is 28.1. The standard InChI is InChI=1S/C54H88O24/c1-48(2)13-14-53-22-70-54(29(53)15-48)12-8-28-49(3)10-9-30(50(4,21-59)27(49)7-11-51(28,5)52(54,6)16-31(53)76-44-38(66)35(63)32(60)23(17-55)71-44)75-47-41(69)43(78-46-40(68)37(65)34(62)25(19-57)73-46)42(26(20-58)74-47)77-45-39(67)36(64)33(61)24(18-56)72-45/h8,12,23-47,55-69H,7,9-11,13-22H2,1-6H3. The lowest BCUT2D eigenvalue weighted by molar-refractivity contribution is -0.394. The number of aliphatic hydroxyl groups excluding tert-OH is 15. The van der Waals surface area contributed by atoms with Gasteiger partial charge in [-0.15, -0.1) is 0 Å². The fourth-order valence-electron chi connectivity index (χ4n) is 17.3. The van der Waals surface area contributed by atoms with E-state index in [1.165, 1.54) is 0 Å². The molecule has 0 aromatic heterocycles. The summed E-state index contributed by atoms with van der Waals surface area (Å²) in [5, 5.41) is 162. The summed E-state index contributed by atoms with van der Waals surface area (Å²) in [7, 11) is 0. The number of allylic oxidation sites excluding steroid dienone is 1. The molecule has 448 valence electrons. The van der Waals surface area contributed by atoms with Gasteiger partial charge in [-0.1, -0.05) is 53.7 Å². The minimum atomic E-state index is -1.97. The summed E-state index contributed by atoms with van der Waals surface area (Å²) < 4.78 is 56.9. The van der Waals surface area contributed by atoms with Crippen LogP contribution in [0.2, 0.25) is 0 Å². The van der Waals surface area contributed by atoms with Gasteiger partial charge in [0.05, 0.1) is 57.5 Å². The van der Waals surface area contributed by atoms with Crippen LogP contribution in [0.15, 0.2) is 12.2 Å². The van der Waals surface area contributed by atoms with Gasteiger partial charge >= 0.3 is 0 Å². The molecule has 2 bridgehead atoms. The Morgan fingerprint density at radius 3 is 1.49 bits per heavy atom. The van der Waals surface area contributed by atoms with E-state index < -0.39 is 194 Å². The van der Waals surface area contributed by atoms with E-state index in [4.69, 9.17) is 42.6 Å². The monoisotopic (exact) mass is 1120 g/mol. The van der Waals surface area contributed by atoms with E-state index in [0.29, 0.717) is 38.7 Å². The summed E-state index contributed by atoms with van der Waals surface area (Å²) in [5.74, 6) is -0.317. The molecule has 5 saturated heterocycles. The van der Waals surface area contributed by atoms with Crippen LogP contribution in [-0.2, 0) is 42.6 Å². The summed E-state index contributed by atoms with van der Waals surface area (Å²) in [6.45, 7) is 10.3. The number of fused-ring (bicyclic) bond motifs is 4. The molecule has 0 aromatic carbocycles. The molecule has 5 heterocycles. The second-order valence-electron chi connectivity index (χ2n) is 26.6. The SMILES string of the molecule is CC1(C)CCC23COC4(C=CC5C6(C)CCC(OC7OC(CO)C(OC8OC(CO)C(O)C(O)C8O)C(OC8OC(CO)C(O)C(O)C8O)C7O)C(C)(CO)C6CCC5(C)C4(C)CC2OC2OC(CO)C(O)C(O)C2O)C3C1. The van der Waals surface area contributed by atoms with Gasteiger partial charge in [-0.3, -0.25) is 0 Å². The maximum absolute atomic E-state index is 12.4. The fourth-order valence-corrected chi connectivity index (χ4v) is 17.3. The van der Waals surface area contributed by atoms with Crippen molar-refractivity contribution in [2.45, 2.75) is 234 Å². The van der Waals surface area contributed by atoms with Crippen LogP contribution in [0.25, 0.3) is 0 Å². The Hall–Kier alpha value is -1.22. The Kier molecular flexibility index (Phi) is 16.4. The quantitative estimate of drug-likeness (QED) is 0.0626. The third kappa shape index (κ3) is 8.91. The lowest BCUT2D eigenvalue weighted by atomic mass is 9.32. The zero-order chi connectivity index (χ0) is 56.6. The average molecular weight is 1120 g/mol. The molecule has 24 heteroatoms. The van der Waals surface area contributed by atoms with Gasteiger partial charge in [0.1, 0.15) is 97.7 Å². The van der Waals surface area contributed by atoms with E-state index in [0.717, 1.165) is 19.3 Å². The van der Waals surface area contributed by atoms with Crippen molar-refractivity contribution in [1.29, 1.82) is 0 Å². The first-order chi connectivity index (χ1) is 36.7. The lowest BCUT2D eigenvalue weighted by Gasteiger charge is -2.73.